The van der Waals surface area contributed by atoms with Crippen molar-refractivity contribution in [2.75, 3.05) is 32.1 Å². The molecule has 0 radical (unpaired) electrons. The zero-order valence-electron chi connectivity index (χ0n) is 17.6. The van der Waals surface area contributed by atoms with Gasteiger partial charge in [0.2, 0.25) is 5.91 Å². The molecule has 1 amide bonds. The van der Waals surface area contributed by atoms with E-state index in [-0.39, 0.29) is 18.1 Å². The van der Waals surface area contributed by atoms with Gasteiger partial charge < -0.3 is 14.5 Å². The molecule has 0 N–H and O–H groups in total. The van der Waals surface area contributed by atoms with Crippen LogP contribution in [-0.4, -0.2) is 43.8 Å². The number of rotatable bonds is 7. The van der Waals surface area contributed by atoms with Gasteiger partial charge in [0.25, 0.3) is 0 Å². The smallest absolute Gasteiger partial charge is 0.227 e. The Morgan fingerprint density at radius 1 is 1.03 bits per heavy atom. The molecular weight excluding hydrogens is 364 g/mol. The molecular formula is C24H30N2O3. The van der Waals surface area contributed by atoms with E-state index in [2.05, 4.69) is 29.2 Å². The van der Waals surface area contributed by atoms with Crippen LogP contribution in [0.5, 0.6) is 5.75 Å². The average molecular weight is 395 g/mol. The second-order valence-corrected chi connectivity index (χ2v) is 7.72. The summed E-state index contributed by atoms with van der Waals surface area (Å²) in [6.45, 7) is 4.32. The summed E-state index contributed by atoms with van der Waals surface area (Å²) in [6, 6.07) is 13.7. The first-order valence-electron chi connectivity index (χ1n) is 10.2. The topological polar surface area (TPSA) is 49.9 Å². The molecule has 1 saturated heterocycles. The summed E-state index contributed by atoms with van der Waals surface area (Å²) in [5.74, 6) is 0.593. The Balaban J connectivity index is 1.63. The van der Waals surface area contributed by atoms with Crippen LogP contribution in [-0.2, 0) is 17.8 Å². The molecule has 1 aliphatic rings. The number of anilines is 1. The van der Waals surface area contributed by atoms with Gasteiger partial charge in [0.15, 0.2) is 5.78 Å². The lowest BCUT2D eigenvalue weighted by Crippen LogP contribution is -2.29. The summed E-state index contributed by atoms with van der Waals surface area (Å²) in [6.07, 6.45) is 4.04. The van der Waals surface area contributed by atoms with Crippen molar-refractivity contribution in [2.24, 2.45) is 0 Å². The van der Waals surface area contributed by atoms with Gasteiger partial charge >= 0.3 is 0 Å². The number of ketones is 1. The summed E-state index contributed by atoms with van der Waals surface area (Å²) in [5, 5.41) is 0. The maximum atomic E-state index is 12.8. The molecule has 2 aromatic carbocycles. The number of carbonyl (C=O) groups is 2. The van der Waals surface area contributed by atoms with E-state index in [1.807, 2.05) is 7.05 Å². The third-order valence-electron chi connectivity index (χ3n) is 5.53. The number of Topliss-reactive ketones (excluding diaryl/α,β-unsaturated/α-hetero) is 1. The predicted molar refractivity (Wildman–Crippen MR) is 116 cm³/mol. The van der Waals surface area contributed by atoms with Gasteiger partial charge in [-0.25, -0.2) is 0 Å². The monoisotopic (exact) mass is 394 g/mol. The molecule has 1 heterocycles. The van der Waals surface area contributed by atoms with Crippen LogP contribution >= 0.6 is 0 Å². The van der Waals surface area contributed by atoms with Crippen molar-refractivity contribution in [3.8, 4) is 5.75 Å². The SMILES string of the molecule is COc1ccc(C(C)=O)cc1CC(=O)N(C)Cc1ccc(N2CCCCC2)cc1. The van der Waals surface area contributed by atoms with E-state index >= 15 is 0 Å². The Morgan fingerprint density at radius 3 is 2.34 bits per heavy atom. The number of likely N-dealkylation sites (N-methyl/N-ethyl adjacent to an activating group) is 1. The van der Waals surface area contributed by atoms with Crippen molar-refractivity contribution in [3.63, 3.8) is 0 Å². The third-order valence-corrected chi connectivity index (χ3v) is 5.53. The van der Waals surface area contributed by atoms with Crippen LogP contribution in [0.25, 0.3) is 0 Å². The fourth-order valence-corrected chi connectivity index (χ4v) is 3.76. The molecule has 0 atom stereocenters. The first-order chi connectivity index (χ1) is 14.0. The average Bonchev–Trinajstić information content (AvgIpc) is 2.74. The highest BCUT2D eigenvalue weighted by molar-refractivity contribution is 5.94. The quantitative estimate of drug-likeness (QED) is 0.664. The second-order valence-electron chi connectivity index (χ2n) is 7.72. The lowest BCUT2D eigenvalue weighted by molar-refractivity contribution is -0.129. The zero-order valence-corrected chi connectivity index (χ0v) is 17.6. The molecule has 3 rings (SSSR count). The summed E-state index contributed by atoms with van der Waals surface area (Å²) in [5.41, 5.74) is 3.68. The van der Waals surface area contributed by atoms with E-state index < -0.39 is 0 Å². The van der Waals surface area contributed by atoms with E-state index in [0.717, 1.165) is 24.2 Å². The van der Waals surface area contributed by atoms with Crippen molar-refractivity contribution < 1.29 is 14.3 Å². The zero-order chi connectivity index (χ0) is 20.8. The minimum absolute atomic E-state index is 0.0101. The van der Waals surface area contributed by atoms with Crippen LogP contribution in [0, 0.1) is 0 Å². The van der Waals surface area contributed by atoms with Crippen LogP contribution in [0.2, 0.25) is 0 Å². The van der Waals surface area contributed by atoms with Crippen LogP contribution in [0.4, 0.5) is 5.69 Å². The van der Waals surface area contributed by atoms with Crippen molar-refractivity contribution in [1.29, 1.82) is 0 Å². The Kier molecular flexibility index (Phi) is 6.91. The van der Waals surface area contributed by atoms with Crippen molar-refractivity contribution >= 4 is 17.4 Å². The number of hydrogen-bond donors (Lipinski definition) is 0. The maximum Gasteiger partial charge on any atom is 0.227 e. The van der Waals surface area contributed by atoms with Gasteiger partial charge in [0.05, 0.1) is 13.5 Å². The van der Waals surface area contributed by atoms with E-state index in [1.54, 1.807) is 30.2 Å². The van der Waals surface area contributed by atoms with E-state index in [9.17, 15) is 9.59 Å². The Bertz CT molecular complexity index is 855. The van der Waals surface area contributed by atoms with Gasteiger partial charge in [-0.1, -0.05) is 12.1 Å². The molecule has 2 aromatic rings. The number of carbonyl (C=O) groups excluding carboxylic acids is 2. The minimum atomic E-state index is -0.0245. The normalized spacial score (nSPS) is 13.8. The maximum absolute atomic E-state index is 12.8. The third kappa shape index (κ3) is 5.37. The largest absolute Gasteiger partial charge is 0.496 e. The van der Waals surface area contributed by atoms with E-state index in [4.69, 9.17) is 4.74 Å². The number of methoxy groups -OCH3 is 1. The fraction of sp³-hybridized carbons (Fsp3) is 0.417. The molecule has 0 aliphatic carbocycles. The van der Waals surface area contributed by atoms with Crippen molar-refractivity contribution in [2.45, 2.75) is 39.2 Å². The molecule has 5 heteroatoms. The lowest BCUT2D eigenvalue weighted by Gasteiger charge is -2.29. The van der Waals surface area contributed by atoms with Gasteiger partial charge in [-0.3, -0.25) is 9.59 Å². The van der Waals surface area contributed by atoms with Crippen LogP contribution in [0.1, 0.15) is 47.7 Å². The van der Waals surface area contributed by atoms with Gasteiger partial charge in [-0.2, -0.15) is 0 Å². The molecule has 154 valence electrons. The number of ether oxygens (including phenoxy) is 1. The fourth-order valence-electron chi connectivity index (χ4n) is 3.76. The first-order valence-corrected chi connectivity index (χ1v) is 10.2. The number of hydrogen-bond acceptors (Lipinski definition) is 4. The van der Waals surface area contributed by atoms with E-state index in [1.165, 1.54) is 31.9 Å². The van der Waals surface area contributed by atoms with Gasteiger partial charge in [0.1, 0.15) is 5.75 Å². The van der Waals surface area contributed by atoms with E-state index in [0.29, 0.717) is 17.9 Å². The van der Waals surface area contributed by atoms with Crippen LogP contribution in [0.3, 0.4) is 0 Å². The summed E-state index contributed by atoms with van der Waals surface area (Å²) < 4.78 is 5.36. The molecule has 0 aromatic heterocycles. The molecule has 0 unspecified atom stereocenters. The highest BCUT2D eigenvalue weighted by atomic mass is 16.5. The standard InChI is InChI=1S/C24H30N2O3/c1-18(27)20-9-12-23(29-3)21(15-20)16-24(28)25(2)17-19-7-10-22(11-8-19)26-13-5-4-6-14-26/h7-12,15H,4-6,13-14,16-17H2,1-3H3. The Morgan fingerprint density at radius 2 is 1.72 bits per heavy atom. The lowest BCUT2D eigenvalue weighted by atomic mass is 10.0. The summed E-state index contributed by atoms with van der Waals surface area (Å²) in [7, 11) is 3.38. The summed E-state index contributed by atoms with van der Waals surface area (Å²) >= 11 is 0. The summed E-state index contributed by atoms with van der Waals surface area (Å²) in [4.78, 5) is 28.6. The number of benzene rings is 2. The minimum Gasteiger partial charge on any atom is -0.496 e. The van der Waals surface area contributed by atoms with Gasteiger partial charge in [-0.05, 0) is 62.1 Å². The molecule has 0 bridgehead atoms. The van der Waals surface area contributed by atoms with Crippen molar-refractivity contribution in [3.05, 3.63) is 59.2 Å². The first kappa shape index (κ1) is 20.9. The number of piperidine rings is 1. The predicted octanol–water partition coefficient (Wildman–Crippen LogP) is 4.09. The molecule has 29 heavy (non-hydrogen) atoms. The highest BCUT2D eigenvalue weighted by Gasteiger charge is 2.16. The molecule has 0 saturated carbocycles. The molecule has 1 aliphatic heterocycles. The molecule has 1 fully saturated rings. The highest BCUT2D eigenvalue weighted by Crippen LogP contribution is 2.23. The second kappa shape index (κ2) is 9.59. The molecule has 0 spiro atoms. The number of nitrogens with zero attached hydrogens (tertiary/aromatic N) is 2. The Labute approximate surface area is 173 Å². The van der Waals surface area contributed by atoms with Crippen LogP contribution < -0.4 is 9.64 Å². The number of amides is 1. The van der Waals surface area contributed by atoms with Crippen LogP contribution in [0.15, 0.2) is 42.5 Å². The van der Waals surface area contributed by atoms with Gasteiger partial charge in [0, 0.05) is 43.5 Å². The van der Waals surface area contributed by atoms with Crippen molar-refractivity contribution in [1.82, 2.24) is 4.90 Å². The Hall–Kier alpha value is -2.82. The molecule has 5 nitrogen and oxygen atoms in total. The van der Waals surface area contributed by atoms with Gasteiger partial charge in [-0.15, -0.1) is 0 Å².